The Bertz CT molecular complexity index is 152. The van der Waals surface area contributed by atoms with Gasteiger partial charge in [0, 0.05) is 3.57 Å². The zero-order chi connectivity index (χ0) is 5.98. The fourth-order valence-electron chi connectivity index (χ4n) is 0.435. The van der Waals surface area contributed by atoms with E-state index in [-0.39, 0.29) is 57.1 Å². The maximum atomic E-state index is 10.4. The summed E-state index contributed by atoms with van der Waals surface area (Å²) in [6.45, 7) is 0. The topological polar surface area (TPSA) is 23.1 Å². The Morgan fingerprint density at radius 2 is 1.56 bits per heavy atom. The molecule has 0 atom stereocenters. The second-order valence-electron chi connectivity index (χ2n) is 1.45. The Kier molecular flexibility index (Phi) is 5.88. The molecule has 0 saturated heterocycles. The van der Waals surface area contributed by atoms with Crippen molar-refractivity contribution < 1.29 is 56.5 Å². The van der Waals surface area contributed by atoms with Crippen molar-refractivity contribution in [2.45, 2.75) is 0 Å². The SMILES string of the molecule is [K+].[O-]c1ccc(I)cc1. The van der Waals surface area contributed by atoms with Gasteiger partial charge < -0.3 is 5.11 Å². The fourth-order valence-corrected chi connectivity index (χ4v) is 0.794. The quantitative estimate of drug-likeness (QED) is 0.405. The van der Waals surface area contributed by atoms with Gasteiger partial charge in [-0.05, 0) is 34.7 Å². The third-order valence-electron chi connectivity index (χ3n) is 0.814. The predicted molar refractivity (Wildman–Crippen MR) is 38.6 cm³/mol. The van der Waals surface area contributed by atoms with E-state index in [4.69, 9.17) is 0 Å². The first-order valence-corrected chi connectivity index (χ1v) is 3.29. The van der Waals surface area contributed by atoms with Gasteiger partial charge >= 0.3 is 51.4 Å². The second kappa shape index (κ2) is 5.09. The van der Waals surface area contributed by atoms with E-state index in [2.05, 4.69) is 22.6 Å². The monoisotopic (exact) mass is 258 g/mol. The Morgan fingerprint density at radius 3 is 1.89 bits per heavy atom. The second-order valence-corrected chi connectivity index (χ2v) is 2.70. The minimum absolute atomic E-state index is 0. The van der Waals surface area contributed by atoms with Gasteiger partial charge in [0.15, 0.2) is 0 Å². The molecule has 0 unspecified atom stereocenters. The van der Waals surface area contributed by atoms with Crippen molar-refractivity contribution >= 4 is 22.6 Å². The van der Waals surface area contributed by atoms with Gasteiger partial charge in [0.1, 0.15) is 0 Å². The van der Waals surface area contributed by atoms with Crippen molar-refractivity contribution in [2.24, 2.45) is 0 Å². The van der Waals surface area contributed by atoms with Crippen molar-refractivity contribution in [3.8, 4) is 5.75 Å². The van der Waals surface area contributed by atoms with Crippen LogP contribution in [-0.2, 0) is 0 Å². The molecule has 0 aliphatic rings. The maximum absolute atomic E-state index is 10.4. The largest absolute Gasteiger partial charge is 1.00 e. The van der Waals surface area contributed by atoms with E-state index in [1.165, 1.54) is 0 Å². The normalized spacial score (nSPS) is 8.11. The number of rotatable bonds is 0. The van der Waals surface area contributed by atoms with E-state index in [0.29, 0.717) is 0 Å². The molecule has 0 amide bonds. The fraction of sp³-hybridized carbons (Fsp3) is 0. The van der Waals surface area contributed by atoms with E-state index < -0.39 is 0 Å². The molecule has 0 aliphatic heterocycles. The molecule has 0 aliphatic carbocycles. The van der Waals surface area contributed by atoms with Gasteiger partial charge in [-0.15, -0.1) is 5.75 Å². The van der Waals surface area contributed by atoms with Gasteiger partial charge in [-0.25, -0.2) is 0 Å². The number of halogens is 1. The van der Waals surface area contributed by atoms with E-state index in [1.807, 2.05) is 0 Å². The van der Waals surface area contributed by atoms with Crippen LogP contribution < -0.4 is 56.5 Å². The van der Waals surface area contributed by atoms with Gasteiger partial charge in [-0.3, -0.25) is 0 Å². The van der Waals surface area contributed by atoms with Crippen LogP contribution in [0.1, 0.15) is 0 Å². The first kappa shape index (κ1) is 10.4. The predicted octanol–water partition coefficient (Wildman–Crippen LogP) is -1.63. The van der Waals surface area contributed by atoms with Crippen LogP contribution in [0.4, 0.5) is 0 Å². The summed E-state index contributed by atoms with van der Waals surface area (Å²) in [6.07, 6.45) is 0. The van der Waals surface area contributed by atoms with Crippen molar-refractivity contribution in [3.05, 3.63) is 27.8 Å². The van der Waals surface area contributed by atoms with Gasteiger partial charge in [0.2, 0.25) is 0 Å². The average molecular weight is 258 g/mol. The van der Waals surface area contributed by atoms with Crippen molar-refractivity contribution in [3.63, 3.8) is 0 Å². The number of benzene rings is 1. The smallest absolute Gasteiger partial charge is 0.872 e. The molecule has 9 heavy (non-hydrogen) atoms. The Morgan fingerprint density at radius 1 is 1.11 bits per heavy atom. The first-order valence-electron chi connectivity index (χ1n) is 2.21. The Hall–Kier alpha value is 1.39. The third-order valence-corrected chi connectivity index (χ3v) is 1.53. The molecule has 0 N–H and O–H groups in total. The Balaban J connectivity index is 0.000000640. The van der Waals surface area contributed by atoms with Gasteiger partial charge in [0.05, 0.1) is 0 Å². The molecule has 1 nitrogen and oxygen atoms in total. The van der Waals surface area contributed by atoms with Crippen LogP contribution in [0, 0.1) is 3.57 Å². The van der Waals surface area contributed by atoms with Crippen molar-refractivity contribution in [1.29, 1.82) is 0 Å². The molecule has 0 heterocycles. The third kappa shape index (κ3) is 3.95. The summed E-state index contributed by atoms with van der Waals surface area (Å²) in [4.78, 5) is 0. The molecule has 0 aromatic heterocycles. The van der Waals surface area contributed by atoms with Crippen LogP contribution in [0.15, 0.2) is 24.3 Å². The van der Waals surface area contributed by atoms with Crippen molar-refractivity contribution in [2.75, 3.05) is 0 Å². The van der Waals surface area contributed by atoms with Gasteiger partial charge in [-0.2, -0.15) is 0 Å². The van der Waals surface area contributed by atoms with Gasteiger partial charge in [-0.1, -0.05) is 12.1 Å². The molecular weight excluding hydrogens is 254 g/mol. The van der Waals surface area contributed by atoms with E-state index in [0.717, 1.165) is 3.57 Å². The van der Waals surface area contributed by atoms with Crippen LogP contribution in [0.5, 0.6) is 5.75 Å². The van der Waals surface area contributed by atoms with Crippen LogP contribution in [0.2, 0.25) is 0 Å². The molecular formula is C6H4IKO. The summed E-state index contributed by atoms with van der Waals surface area (Å²) >= 11 is 2.16. The molecule has 1 rings (SSSR count). The summed E-state index contributed by atoms with van der Waals surface area (Å²) in [6, 6.07) is 6.70. The summed E-state index contributed by atoms with van der Waals surface area (Å²) in [5.41, 5.74) is 0. The van der Waals surface area contributed by atoms with E-state index in [9.17, 15) is 5.11 Å². The van der Waals surface area contributed by atoms with Gasteiger partial charge in [0.25, 0.3) is 0 Å². The molecule has 0 spiro atoms. The van der Waals surface area contributed by atoms with Crippen LogP contribution in [0.25, 0.3) is 0 Å². The van der Waals surface area contributed by atoms with Crippen LogP contribution >= 0.6 is 22.6 Å². The molecule has 0 radical (unpaired) electrons. The molecule has 0 bridgehead atoms. The van der Waals surface area contributed by atoms with Crippen molar-refractivity contribution in [1.82, 2.24) is 0 Å². The van der Waals surface area contributed by atoms with Crippen LogP contribution in [-0.4, -0.2) is 0 Å². The molecule has 1 aromatic carbocycles. The Labute approximate surface area is 110 Å². The van der Waals surface area contributed by atoms with E-state index >= 15 is 0 Å². The molecule has 3 heteroatoms. The summed E-state index contributed by atoms with van der Waals surface area (Å²) in [7, 11) is 0. The zero-order valence-electron chi connectivity index (χ0n) is 5.10. The molecule has 0 fully saturated rings. The minimum Gasteiger partial charge on any atom is -0.872 e. The number of hydrogen-bond acceptors (Lipinski definition) is 1. The minimum atomic E-state index is 0. The number of hydrogen-bond donors (Lipinski definition) is 0. The standard InChI is InChI=1S/C6H5IO.K/c7-5-1-3-6(8)4-2-5;/h1-4,8H;/q;+1/p-1. The summed E-state index contributed by atoms with van der Waals surface area (Å²) < 4.78 is 1.10. The molecule has 0 saturated carbocycles. The summed E-state index contributed by atoms with van der Waals surface area (Å²) in [5.74, 6) is 0.0745. The molecule has 42 valence electrons. The molecule has 1 aromatic rings. The van der Waals surface area contributed by atoms with Crippen LogP contribution in [0.3, 0.4) is 0 Å². The first-order chi connectivity index (χ1) is 3.79. The summed E-state index contributed by atoms with van der Waals surface area (Å²) in [5, 5.41) is 10.4. The average Bonchev–Trinajstić information content (AvgIpc) is 1.77. The maximum Gasteiger partial charge on any atom is 1.00 e. The van der Waals surface area contributed by atoms with E-state index in [1.54, 1.807) is 24.3 Å². The zero-order valence-corrected chi connectivity index (χ0v) is 10.4.